The molecule has 0 fully saturated rings. The molecule has 0 spiro atoms. The number of hydrogen-bond acceptors (Lipinski definition) is 5. The van der Waals surface area contributed by atoms with E-state index in [-0.39, 0.29) is 0 Å². The summed E-state index contributed by atoms with van der Waals surface area (Å²) < 4.78 is 3.79. The zero-order chi connectivity index (χ0) is 11.2. The molecule has 0 bridgehead atoms. The summed E-state index contributed by atoms with van der Waals surface area (Å²) in [6.45, 7) is 1.49. The average Bonchev–Trinajstić information content (AvgIpc) is 2.83. The number of aromatic nitrogens is 2. The lowest BCUT2D eigenvalue weighted by atomic mass is 10.1. The number of nitrogens with one attached hydrogen (secondary N) is 1. The maximum absolute atomic E-state index is 8.65. The van der Waals surface area contributed by atoms with Crippen LogP contribution in [0.25, 0.3) is 0 Å². The Morgan fingerprint density at radius 3 is 2.69 bits per heavy atom. The lowest BCUT2D eigenvalue weighted by Crippen LogP contribution is -2.12. The van der Waals surface area contributed by atoms with Gasteiger partial charge in [0, 0.05) is 18.5 Å². The van der Waals surface area contributed by atoms with Gasteiger partial charge in [-0.15, -0.1) is 5.10 Å². The fourth-order valence-electron chi connectivity index (χ4n) is 1.29. The van der Waals surface area contributed by atoms with Crippen LogP contribution in [-0.4, -0.2) is 9.59 Å². The van der Waals surface area contributed by atoms with Gasteiger partial charge in [0.1, 0.15) is 0 Å². The first-order valence-electron chi connectivity index (χ1n) is 4.84. The Hall–Kier alpha value is -1.77. The topological polar surface area (TPSA) is 61.6 Å². The third-order valence-corrected chi connectivity index (χ3v) is 2.68. The normalized spacial score (nSPS) is 9.94. The molecular weight excluding hydrogens is 220 g/mol. The molecule has 0 amide bonds. The van der Waals surface area contributed by atoms with E-state index in [0.29, 0.717) is 5.56 Å². The van der Waals surface area contributed by atoms with Crippen molar-refractivity contribution >= 4 is 11.5 Å². The fraction of sp³-hybridized carbons (Fsp3) is 0.182. The molecule has 0 atom stereocenters. The van der Waals surface area contributed by atoms with E-state index < -0.39 is 0 Å². The highest BCUT2D eigenvalue weighted by atomic mass is 32.1. The lowest BCUT2D eigenvalue weighted by molar-refractivity contribution is 0.677. The van der Waals surface area contributed by atoms with E-state index in [9.17, 15) is 0 Å². The van der Waals surface area contributed by atoms with Crippen LogP contribution in [0, 0.1) is 11.3 Å². The second-order valence-electron chi connectivity index (χ2n) is 3.31. The summed E-state index contributed by atoms with van der Waals surface area (Å²) >= 11 is 1.35. The Kier molecular flexibility index (Phi) is 3.59. The van der Waals surface area contributed by atoms with Crippen LogP contribution < -0.4 is 5.32 Å². The number of rotatable bonds is 4. The molecule has 0 aliphatic heterocycles. The molecule has 2 rings (SSSR count). The third-order valence-electron chi connectivity index (χ3n) is 2.12. The summed E-state index contributed by atoms with van der Waals surface area (Å²) in [6.07, 6.45) is 0. The molecule has 1 aromatic heterocycles. The van der Waals surface area contributed by atoms with Crippen molar-refractivity contribution in [2.45, 2.75) is 13.1 Å². The van der Waals surface area contributed by atoms with Crippen LogP contribution in [0.5, 0.6) is 0 Å². The van der Waals surface area contributed by atoms with E-state index in [1.54, 1.807) is 0 Å². The van der Waals surface area contributed by atoms with Crippen molar-refractivity contribution in [2.24, 2.45) is 0 Å². The molecule has 0 aliphatic carbocycles. The molecule has 16 heavy (non-hydrogen) atoms. The van der Waals surface area contributed by atoms with E-state index in [4.69, 9.17) is 5.26 Å². The highest BCUT2D eigenvalue weighted by Gasteiger charge is 1.96. The number of hydrogen-bond donors (Lipinski definition) is 1. The standard InChI is InChI=1S/C11H10N4S/c12-5-9-1-3-10(4-2-9)6-13-7-11-8-16-15-14-11/h1-4,8,13H,6-7H2. The van der Waals surface area contributed by atoms with Gasteiger partial charge in [0.05, 0.1) is 17.3 Å². The number of benzene rings is 1. The Balaban J connectivity index is 1.83. The largest absolute Gasteiger partial charge is 0.307 e. The van der Waals surface area contributed by atoms with Gasteiger partial charge in [-0.2, -0.15) is 5.26 Å². The second-order valence-corrected chi connectivity index (χ2v) is 3.92. The highest BCUT2D eigenvalue weighted by molar-refractivity contribution is 7.03. The molecule has 1 N–H and O–H groups in total. The van der Waals surface area contributed by atoms with Crippen LogP contribution >= 0.6 is 11.5 Å². The minimum atomic E-state index is 0.687. The van der Waals surface area contributed by atoms with Crippen molar-refractivity contribution in [2.75, 3.05) is 0 Å². The summed E-state index contributed by atoms with van der Waals surface area (Å²) in [6, 6.07) is 9.64. The van der Waals surface area contributed by atoms with E-state index >= 15 is 0 Å². The van der Waals surface area contributed by atoms with Crippen LogP contribution in [0.3, 0.4) is 0 Å². The van der Waals surface area contributed by atoms with Crippen LogP contribution in [-0.2, 0) is 13.1 Å². The minimum absolute atomic E-state index is 0.687. The van der Waals surface area contributed by atoms with Gasteiger partial charge in [-0.1, -0.05) is 16.6 Å². The Bertz CT molecular complexity index is 470. The second kappa shape index (κ2) is 5.35. The first-order chi connectivity index (χ1) is 7.88. The average molecular weight is 230 g/mol. The third kappa shape index (κ3) is 2.86. The molecule has 4 nitrogen and oxygen atoms in total. The molecule has 2 aromatic rings. The molecule has 0 unspecified atom stereocenters. The summed E-state index contributed by atoms with van der Waals surface area (Å²) in [4.78, 5) is 0. The molecule has 0 saturated heterocycles. The summed E-state index contributed by atoms with van der Waals surface area (Å²) in [5.41, 5.74) is 2.80. The van der Waals surface area contributed by atoms with Gasteiger partial charge in [0.25, 0.3) is 0 Å². The molecule has 0 saturated carbocycles. The van der Waals surface area contributed by atoms with Crippen LogP contribution in [0.15, 0.2) is 29.6 Å². The first kappa shape index (κ1) is 10.7. The summed E-state index contributed by atoms with van der Waals surface area (Å²) in [5.74, 6) is 0. The predicted octanol–water partition coefficient (Wildman–Crippen LogP) is 1.70. The molecular formula is C11H10N4S. The van der Waals surface area contributed by atoms with Gasteiger partial charge >= 0.3 is 0 Å². The number of nitriles is 1. The van der Waals surface area contributed by atoms with Gasteiger partial charge < -0.3 is 5.32 Å². The van der Waals surface area contributed by atoms with Crippen molar-refractivity contribution in [3.63, 3.8) is 0 Å². The van der Waals surface area contributed by atoms with Crippen molar-refractivity contribution in [1.29, 1.82) is 5.26 Å². The highest BCUT2D eigenvalue weighted by Crippen LogP contribution is 2.03. The minimum Gasteiger partial charge on any atom is -0.307 e. The van der Waals surface area contributed by atoms with Crippen molar-refractivity contribution in [3.8, 4) is 6.07 Å². The first-order valence-corrected chi connectivity index (χ1v) is 5.68. The molecule has 0 aliphatic rings. The van der Waals surface area contributed by atoms with Gasteiger partial charge in [-0.3, -0.25) is 0 Å². The smallest absolute Gasteiger partial charge is 0.0991 e. The Morgan fingerprint density at radius 2 is 2.06 bits per heavy atom. The van der Waals surface area contributed by atoms with E-state index in [1.807, 2.05) is 29.6 Å². The van der Waals surface area contributed by atoms with Crippen LogP contribution in [0.4, 0.5) is 0 Å². The maximum Gasteiger partial charge on any atom is 0.0991 e. The quantitative estimate of drug-likeness (QED) is 0.868. The fourth-order valence-corrected chi connectivity index (χ4v) is 1.74. The zero-order valence-electron chi connectivity index (χ0n) is 8.55. The van der Waals surface area contributed by atoms with Crippen molar-refractivity contribution < 1.29 is 0 Å². The Morgan fingerprint density at radius 1 is 1.25 bits per heavy atom. The van der Waals surface area contributed by atoms with Crippen molar-refractivity contribution in [1.82, 2.24) is 14.9 Å². The SMILES string of the molecule is N#Cc1ccc(CNCc2csnn2)cc1. The monoisotopic (exact) mass is 230 g/mol. The molecule has 0 radical (unpaired) electrons. The van der Waals surface area contributed by atoms with Gasteiger partial charge in [0.15, 0.2) is 0 Å². The van der Waals surface area contributed by atoms with Gasteiger partial charge in [0.2, 0.25) is 0 Å². The summed E-state index contributed by atoms with van der Waals surface area (Å²) in [5, 5.41) is 17.8. The molecule has 5 heteroatoms. The van der Waals surface area contributed by atoms with E-state index in [2.05, 4.69) is 21.0 Å². The van der Waals surface area contributed by atoms with Gasteiger partial charge in [-0.25, -0.2) is 0 Å². The molecule has 1 aromatic carbocycles. The van der Waals surface area contributed by atoms with Crippen molar-refractivity contribution in [3.05, 3.63) is 46.5 Å². The molecule has 1 heterocycles. The molecule has 80 valence electrons. The van der Waals surface area contributed by atoms with E-state index in [1.165, 1.54) is 11.5 Å². The lowest BCUT2D eigenvalue weighted by Gasteiger charge is -2.02. The summed E-state index contributed by atoms with van der Waals surface area (Å²) in [7, 11) is 0. The predicted molar refractivity (Wildman–Crippen MR) is 61.6 cm³/mol. The van der Waals surface area contributed by atoms with Crippen LogP contribution in [0.2, 0.25) is 0 Å². The van der Waals surface area contributed by atoms with Crippen LogP contribution in [0.1, 0.15) is 16.8 Å². The number of nitrogens with zero attached hydrogens (tertiary/aromatic N) is 3. The van der Waals surface area contributed by atoms with Gasteiger partial charge in [-0.05, 0) is 29.2 Å². The maximum atomic E-state index is 8.65. The Labute approximate surface area is 97.7 Å². The zero-order valence-corrected chi connectivity index (χ0v) is 9.37. The van der Waals surface area contributed by atoms with E-state index in [0.717, 1.165) is 24.3 Å².